The molecule has 7 heteroatoms. The molecule has 0 spiro atoms. The number of nitrogens with zero attached hydrogens (tertiary/aromatic N) is 1. The molecule has 3 rings (SSSR count). The quantitative estimate of drug-likeness (QED) is 0.520. The lowest BCUT2D eigenvalue weighted by molar-refractivity contribution is -0.134. The Kier molecular flexibility index (Phi) is 6.20. The smallest absolute Gasteiger partial charge is 0.325 e. The first-order valence-corrected chi connectivity index (χ1v) is 9.62. The third-order valence-corrected chi connectivity index (χ3v) is 4.83. The molecule has 30 heavy (non-hydrogen) atoms. The van der Waals surface area contributed by atoms with Crippen molar-refractivity contribution in [3.8, 4) is 5.75 Å². The van der Waals surface area contributed by atoms with E-state index in [0.717, 1.165) is 16.0 Å². The SMILES string of the molecule is C=C(C)COc1ccc(C2(C)NC(=O)N(CC(=O)NCc3ccccc3)C2=O)cc1. The van der Waals surface area contributed by atoms with Crippen LogP contribution in [0.3, 0.4) is 0 Å². The number of carbonyl (C=O) groups is 3. The van der Waals surface area contributed by atoms with E-state index < -0.39 is 23.4 Å². The monoisotopic (exact) mass is 407 g/mol. The number of carbonyl (C=O) groups excluding carboxylic acids is 3. The third kappa shape index (κ3) is 4.68. The Morgan fingerprint density at radius 1 is 1.13 bits per heavy atom. The summed E-state index contributed by atoms with van der Waals surface area (Å²) >= 11 is 0. The number of urea groups is 1. The normalized spacial score (nSPS) is 18.1. The minimum Gasteiger partial charge on any atom is -0.489 e. The summed E-state index contributed by atoms with van der Waals surface area (Å²) in [7, 11) is 0. The summed E-state index contributed by atoms with van der Waals surface area (Å²) in [5.41, 5.74) is 1.19. The summed E-state index contributed by atoms with van der Waals surface area (Å²) in [5.74, 6) is -0.243. The van der Waals surface area contributed by atoms with Gasteiger partial charge in [0.05, 0.1) is 0 Å². The van der Waals surface area contributed by atoms with Gasteiger partial charge in [-0.15, -0.1) is 0 Å². The summed E-state index contributed by atoms with van der Waals surface area (Å²) in [6.07, 6.45) is 0. The lowest BCUT2D eigenvalue weighted by Gasteiger charge is -2.22. The van der Waals surface area contributed by atoms with Crippen molar-refractivity contribution in [1.82, 2.24) is 15.5 Å². The lowest BCUT2D eigenvalue weighted by atomic mass is 9.92. The fourth-order valence-electron chi connectivity index (χ4n) is 3.12. The van der Waals surface area contributed by atoms with Gasteiger partial charge in [0.1, 0.15) is 24.4 Å². The number of benzene rings is 2. The van der Waals surface area contributed by atoms with E-state index >= 15 is 0 Å². The van der Waals surface area contributed by atoms with Crippen LogP contribution in [0.2, 0.25) is 0 Å². The van der Waals surface area contributed by atoms with Crippen molar-refractivity contribution in [2.24, 2.45) is 0 Å². The van der Waals surface area contributed by atoms with Crippen molar-refractivity contribution in [3.63, 3.8) is 0 Å². The zero-order valence-corrected chi connectivity index (χ0v) is 17.1. The Bertz CT molecular complexity index is 956. The molecule has 1 aliphatic heterocycles. The molecule has 2 N–H and O–H groups in total. The summed E-state index contributed by atoms with van der Waals surface area (Å²) in [5, 5.41) is 5.43. The highest BCUT2D eigenvalue weighted by atomic mass is 16.5. The van der Waals surface area contributed by atoms with E-state index in [2.05, 4.69) is 17.2 Å². The van der Waals surface area contributed by atoms with Gasteiger partial charge in [0.25, 0.3) is 5.91 Å². The van der Waals surface area contributed by atoms with Crippen molar-refractivity contribution >= 4 is 17.8 Å². The van der Waals surface area contributed by atoms with E-state index in [1.54, 1.807) is 31.2 Å². The lowest BCUT2D eigenvalue weighted by Crippen LogP contribution is -2.43. The van der Waals surface area contributed by atoms with E-state index in [4.69, 9.17) is 4.74 Å². The molecule has 2 aromatic rings. The van der Waals surface area contributed by atoms with Crippen LogP contribution in [0.15, 0.2) is 66.7 Å². The molecule has 0 aromatic heterocycles. The Hall–Kier alpha value is -3.61. The van der Waals surface area contributed by atoms with Crippen LogP contribution in [0.5, 0.6) is 5.75 Å². The Morgan fingerprint density at radius 2 is 1.80 bits per heavy atom. The van der Waals surface area contributed by atoms with Crippen LogP contribution in [-0.2, 0) is 21.7 Å². The molecule has 1 fully saturated rings. The molecule has 1 unspecified atom stereocenters. The minimum absolute atomic E-state index is 0.326. The van der Waals surface area contributed by atoms with E-state index in [1.807, 2.05) is 37.3 Å². The molecule has 0 radical (unpaired) electrons. The number of amides is 4. The molecule has 7 nitrogen and oxygen atoms in total. The predicted octanol–water partition coefficient (Wildman–Crippen LogP) is 2.72. The highest BCUT2D eigenvalue weighted by Crippen LogP contribution is 2.30. The number of ether oxygens (including phenoxy) is 1. The molecule has 0 saturated carbocycles. The van der Waals surface area contributed by atoms with Crippen LogP contribution in [0.4, 0.5) is 4.79 Å². The van der Waals surface area contributed by atoms with Gasteiger partial charge >= 0.3 is 6.03 Å². The summed E-state index contributed by atoms with van der Waals surface area (Å²) in [6, 6.07) is 15.7. The summed E-state index contributed by atoms with van der Waals surface area (Å²) in [6.45, 7) is 7.66. The number of imide groups is 1. The van der Waals surface area contributed by atoms with Crippen LogP contribution >= 0.6 is 0 Å². The highest BCUT2D eigenvalue weighted by Gasteiger charge is 2.49. The zero-order valence-electron chi connectivity index (χ0n) is 17.1. The van der Waals surface area contributed by atoms with Crippen LogP contribution in [0.1, 0.15) is 25.0 Å². The molecular weight excluding hydrogens is 382 g/mol. The fourth-order valence-corrected chi connectivity index (χ4v) is 3.12. The van der Waals surface area contributed by atoms with Crippen molar-refractivity contribution in [1.29, 1.82) is 0 Å². The third-order valence-electron chi connectivity index (χ3n) is 4.83. The number of hydrogen-bond acceptors (Lipinski definition) is 4. The first kappa shape index (κ1) is 21.1. The molecule has 1 heterocycles. The molecule has 0 aliphatic carbocycles. The Labute approximate surface area is 175 Å². The molecule has 1 aliphatic rings. The molecule has 1 atom stereocenters. The van der Waals surface area contributed by atoms with E-state index in [1.165, 1.54) is 0 Å². The molecular formula is C23H25N3O4. The Balaban J connectivity index is 1.64. The van der Waals surface area contributed by atoms with Gasteiger partial charge in [0.15, 0.2) is 0 Å². The van der Waals surface area contributed by atoms with Crippen molar-refractivity contribution in [2.45, 2.75) is 25.9 Å². The first-order valence-electron chi connectivity index (χ1n) is 9.62. The maximum Gasteiger partial charge on any atom is 0.325 e. The number of hydrogen-bond donors (Lipinski definition) is 2. The number of nitrogens with one attached hydrogen (secondary N) is 2. The average Bonchev–Trinajstić information content (AvgIpc) is 2.95. The van der Waals surface area contributed by atoms with Gasteiger partial charge in [-0.2, -0.15) is 0 Å². The van der Waals surface area contributed by atoms with Gasteiger partial charge in [0, 0.05) is 6.54 Å². The van der Waals surface area contributed by atoms with Gasteiger partial charge < -0.3 is 15.4 Å². The second kappa shape index (κ2) is 8.82. The zero-order chi connectivity index (χ0) is 21.7. The maximum atomic E-state index is 13.0. The number of rotatable bonds is 8. The van der Waals surface area contributed by atoms with E-state index in [0.29, 0.717) is 24.5 Å². The largest absolute Gasteiger partial charge is 0.489 e. The predicted molar refractivity (Wildman–Crippen MR) is 113 cm³/mol. The van der Waals surface area contributed by atoms with Crippen LogP contribution in [0, 0.1) is 0 Å². The average molecular weight is 407 g/mol. The molecule has 4 amide bonds. The summed E-state index contributed by atoms with van der Waals surface area (Å²) < 4.78 is 5.57. The van der Waals surface area contributed by atoms with Gasteiger partial charge in [-0.25, -0.2) is 4.79 Å². The molecule has 156 valence electrons. The standard InChI is InChI=1S/C23H25N3O4/c1-16(2)15-30-19-11-9-18(10-12-19)23(3)21(28)26(22(29)25-23)14-20(27)24-13-17-7-5-4-6-8-17/h4-12H,1,13-15H2,2-3H3,(H,24,27)(H,25,29). The summed E-state index contributed by atoms with van der Waals surface area (Å²) in [4.78, 5) is 38.6. The van der Waals surface area contributed by atoms with Crippen LogP contribution in [0.25, 0.3) is 0 Å². The van der Waals surface area contributed by atoms with Crippen molar-refractivity contribution in [3.05, 3.63) is 77.9 Å². The second-order valence-electron chi connectivity index (χ2n) is 7.48. The Morgan fingerprint density at radius 3 is 2.43 bits per heavy atom. The van der Waals surface area contributed by atoms with Gasteiger partial charge in [0.2, 0.25) is 5.91 Å². The first-order chi connectivity index (χ1) is 14.3. The highest BCUT2D eigenvalue weighted by molar-refractivity contribution is 6.09. The topological polar surface area (TPSA) is 87.7 Å². The molecule has 1 saturated heterocycles. The fraction of sp³-hybridized carbons (Fsp3) is 0.261. The minimum atomic E-state index is -1.25. The van der Waals surface area contributed by atoms with E-state index in [-0.39, 0.29) is 6.54 Å². The van der Waals surface area contributed by atoms with Crippen molar-refractivity contribution in [2.75, 3.05) is 13.2 Å². The second-order valence-corrected chi connectivity index (χ2v) is 7.48. The molecule has 2 aromatic carbocycles. The van der Waals surface area contributed by atoms with Gasteiger partial charge in [-0.3, -0.25) is 14.5 Å². The molecule has 0 bridgehead atoms. The van der Waals surface area contributed by atoms with Crippen LogP contribution in [-0.4, -0.2) is 35.9 Å². The maximum absolute atomic E-state index is 13.0. The van der Waals surface area contributed by atoms with E-state index in [9.17, 15) is 14.4 Å². The van der Waals surface area contributed by atoms with Crippen molar-refractivity contribution < 1.29 is 19.1 Å². The van der Waals surface area contributed by atoms with Gasteiger partial charge in [-0.1, -0.05) is 49.0 Å². The van der Waals surface area contributed by atoms with Gasteiger partial charge in [-0.05, 0) is 42.7 Å². The van der Waals surface area contributed by atoms with Crippen LogP contribution < -0.4 is 15.4 Å².